The number of methoxy groups -OCH3 is 1. The highest BCUT2D eigenvalue weighted by molar-refractivity contribution is 7.09. The van der Waals surface area contributed by atoms with Crippen LogP contribution in [0.5, 0.6) is 11.5 Å². The van der Waals surface area contributed by atoms with Gasteiger partial charge in [0.2, 0.25) is 0 Å². The monoisotopic (exact) mass is 397 g/mol. The minimum absolute atomic E-state index is 0.261. The van der Waals surface area contributed by atoms with Crippen molar-refractivity contribution in [1.29, 1.82) is 0 Å². The molecule has 0 saturated heterocycles. The van der Waals surface area contributed by atoms with Crippen molar-refractivity contribution in [3.63, 3.8) is 0 Å². The van der Waals surface area contributed by atoms with Crippen molar-refractivity contribution in [3.8, 4) is 11.5 Å². The Bertz CT molecular complexity index is 835. The molecule has 0 bridgehead atoms. The van der Waals surface area contributed by atoms with Gasteiger partial charge in [-0.2, -0.15) is 0 Å². The summed E-state index contributed by atoms with van der Waals surface area (Å²) in [5, 5.41) is 6.69. The Hall–Kier alpha value is -2.41. The number of ether oxygens (including phenoxy) is 2. The third kappa shape index (κ3) is 6.05. The van der Waals surface area contributed by atoms with Crippen LogP contribution < -0.4 is 14.8 Å². The van der Waals surface area contributed by atoms with Gasteiger partial charge in [0.05, 0.1) is 12.8 Å². The third-order valence-electron chi connectivity index (χ3n) is 4.30. The SMILES string of the molecule is COc1ccc(OCc2nc(CNC(CN(C)C)c3ccccc3)cs2)cc1. The van der Waals surface area contributed by atoms with Gasteiger partial charge in [0.25, 0.3) is 0 Å². The van der Waals surface area contributed by atoms with E-state index in [1.807, 2.05) is 30.3 Å². The first kappa shape index (κ1) is 20.3. The van der Waals surface area contributed by atoms with Crippen molar-refractivity contribution in [3.05, 3.63) is 76.2 Å². The molecule has 2 aromatic carbocycles. The van der Waals surface area contributed by atoms with Crippen LogP contribution in [-0.2, 0) is 13.2 Å². The molecule has 28 heavy (non-hydrogen) atoms. The van der Waals surface area contributed by atoms with Crippen LogP contribution in [-0.4, -0.2) is 37.6 Å². The van der Waals surface area contributed by atoms with E-state index in [0.29, 0.717) is 6.61 Å². The molecule has 0 saturated carbocycles. The lowest BCUT2D eigenvalue weighted by Gasteiger charge is -2.22. The smallest absolute Gasteiger partial charge is 0.140 e. The molecule has 0 spiro atoms. The summed E-state index contributed by atoms with van der Waals surface area (Å²) in [6, 6.07) is 18.4. The van der Waals surface area contributed by atoms with Gasteiger partial charge in [-0.1, -0.05) is 30.3 Å². The van der Waals surface area contributed by atoms with Gasteiger partial charge in [-0.05, 0) is 43.9 Å². The molecule has 6 heteroatoms. The quantitative estimate of drug-likeness (QED) is 0.558. The Kier molecular flexibility index (Phi) is 7.42. The second kappa shape index (κ2) is 10.2. The number of benzene rings is 2. The Balaban J connectivity index is 1.54. The molecule has 1 heterocycles. The molecule has 3 aromatic rings. The van der Waals surface area contributed by atoms with Crippen molar-refractivity contribution in [2.45, 2.75) is 19.2 Å². The van der Waals surface area contributed by atoms with E-state index in [0.717, 1.165) is 35.3 Å². The van der Waals surface area contributed by atoms with E-state index in [1.54, 1.807) is 18.4 Å². The minimum Gasteiger partial charge on any atom is -0.497 e. The van der Waals surface area contributed by atoms with Crippen LogP contribution in [0, 0.1) is 0 Å². The topological polar surface area (TPSA) is 46.6 Å². The molecule has 1 aromatic heterocycles. The van der Waals surface area contributed by atoms with Gasteiger partial charge < -0.3 is 19.7 Å². The number of thiazole rings is 1. The summed E-state index contributed by atoms with van der Waals surface area (Å²) in [6.45, 7) is 2.13. The van der Waals surface area contributed by atoms with E-state index >= 15 is 0 Å². The molecule has 1 atom stereocenters. The van der Waals surface area contributed by atoms with Gasteiger partial charge in [0.15, 0.2) is 0 Å². The van der Waals surface area contributed by atoms with Gasteiger partial charge >= 0.3 is 0 Å². The van der Waals surface area contributed by atoms with Gasteiger partial charge in [-0.3, -0.25) is 0 Å². The second-order valence-electron chi connectivity index (χ2n) is 6.80. The summed E-state index contributed by atoms with van der Waals surface area (Å²) in [7, 11) is 5.84. The summed E-state index contributed by atoms with van der Waals surface area (Å²) >= 11 is 1.63. The van der Waals surface area contributed by atoms with E-state index in [4.69, 9.17) is 14.5 Å². The predicted octanol–water partition coefficient (Wildman–Crippen LogP) is 4.12. The second-order valence-corrected chi connectivity index (χ2v) is 7.75. The number of hydrogen-bond donors (Lipinski definition) is 1. The number of aromatic nitrogens is 1. The maximum atomic E-state index is 5.82. The maximum Gasteiger partial charge on any atom is 0.140 e. The Morgan fingerprint density at radius 2 is 1.75 bits per heavy atom. The predicted molar refractivity (Wildman–Crippen MR) is 114 cm³/mol. The molecule has 0 fully saturated rings. The average Bonchev–Trinajstić information content (AvgIpc) is 3.18. The van der Waals surface area contributed by atoms with Crippen LogP contribution in [0.3, 0.4) is 0 Å². The number of likely N-dealkylation sites (N-methyl/N-ethyl adjacent to an activating group) is 1. The fourth-order valence-corrected chi connectivity index (χ4v) is 3.58. The summed E-state index contributed by atoms with van der Waals surface area (Å²) in [5.74, 6) is 1.63. The van der Waals surface area contributed by atoms with Crippen molar-refractivity contribution in [2.24, 2.45) is 0 Å². The lowest BCUT2D eigenvalue weighted by molar-refractivity contribution is 0.304. The van der Waals surface area contributed by atoms with Crippen molar-refractivity contribution in [1.82, 2.24) is 15.2 Å². The highest BCUT2D eigenvalue weighted by atomic mass is 32.1. The zero-order valence-electron chi connectivity index (χ0n) is 16.6. The molecular formula is C22H27N3O2S. The van der Waals surface area contributed by atoms with Gasteiger partial charge in [0, 0.05) is 24.5 Å². The first-order valence-electron chi connectivity index (χ1n) is 9.27. The molecule has 0 amide bonds. The molecule has 5 nitrogen and oxygen atoms in total. The zero-order valence-corrected chi connectivity index (χ0v) is 17.4. The van der Waals surface area contributed by atoms with Crippen LogP contribution in [0.4, 0.5) is 0 Å². The van der Waals surface area contributed by atoms with E-state index in [2.05, 4.69) is 54.0 Å². The highest BCUT2D eigenvalue weighted by Crippen LogP contribution is 2.20. The molecular weight excluding hydrogens is 370 g/mol. The fraction of sp³-hybridized carbons (Fsp3) is 0.318. The first-order valence-corrected chi connectivity index (χ1v) is 10.1. The number of hydrogen-bond acceptors (Lipinski definition) is 6. The molecule has 0 aliphatic carbocycles. The highest BCUT2D eigenvalue weighted by Gasteiger charge is 2.13. The van der Waals surface area contributed by atoms with Crippen LogP contribution in [0.15, 0.2) is 60.0 Å². The van der Waals surface area contributed by atoms with Crippen LogP contribution >= 0.6 is 11.3 Å². The minimum atomic E-state index is 0.261. The van der Waals surface area contributed by atoms with E-state index in [1.165, 1.54) is 5.56 Å². The first-order chi connectivity index (χ1) is 13.6. The molecule has 1 unspecified atom stereocenters. The Morgan fingerprint density at radius 3 is 2.43 bits per heavy atom. The molecule has 1 N–H and O–H groups in total. The summed E-state index contributed by atoms with van der Waals surface area (Å²) in [6.07, 6.45) is 0. The largest absolute Gasteiger partial charge is 0.497 e. The molecule has 0 aliphatic rings. The molecule has 148 valence electrons. The average molecular weight is 398 g/mol. The molecule has 3 rings (SSSR count). The lowest BCUT2D eigenvalue weighted by Crippen LogP contribution is -2.31. The zero-order chi connectivity index (χ0) is 19.8. The standard InChI is InChI=1S/C22H27N3O2S/c1-25(2)14-21(17-7-5-4-6-8-17)23-13-18-16-28-22(24-18)15-27-20-11-9-19(26-3)10-12-20/h4-12,16,21,23H,13-15H2,1-3H3. The summed E-state index contributed by atoms with van der Waals surface area (Å²) in [4.78, 5) is 6.89. The van der Waals surface area contributed by atoms with Crippen molar-refractivity contribution < 1.29 is 9.47 Å². The molecule has 0 radical (unpaired) electrons. The Morgan fingerprint density at radius 1 is 1.04 bits per heavy atom. The maximum absolute atomic E-state index is 5.82. The van der Waals surface area contributed by atoms with E-state index < -0.39 is 0 Å². The van der Waals surface area contributed by atoms with E-state index in [-0.39, 0.29) is 6.04 Å². The fourth-order valence-electron chi connectivity index (χ4n) is 2.88. The number of nitrogens with zero attached hydrogens (tertiary/aromatic N) is 2. The van der Waals surface area contributed by atoms with Crippen LogP contribution in [0.25, 0.3) is 0 Å². The Labute approximate surface area is 170 Å². The number of rotatable bonds is 10. The summed E-state index contributed by atoms with van der Waals surface area (Å²) in [5.41, 5.74) is 2.33. The van der Waals surface area contributed by atoms with Crippen LogP contribution in [0.1, 0.15) is 22.3 Å². The van der Waals surface area contributed by atoms with Crippen LogP contribution in [0.2, 0.25) is 0 Å². The lowest BCUT2D eigenvalue weighted by atomic mass is 10.1. The summed E-state index contributed by atoms with van der Waals surface area (Å²) < 4.78 is 11.0. The third-order valence-corrected chi connectivity index (χ3v) is 5.17. The molecule has 0 aliphatic heterocycles. The number of nitrogens with one attached hydrogen (secondary N) is 1. The van der Waals surface area contributed by atoms with Gasteiger partial charge in [0.1, 0.15) is 23.1 Å². The van der Waals surface area contributed by atoms with Gasteiger partial charge in [-0.15, -0.1) is 11.3 Å². The van der Waals surface area contributed by atoms with Gasteiger partial charge in [-0.25, -0.2) is 4.98 Å². The normalized spacial score (nSPS) is 12.1. The van der Waals surface area contributed by atoms with E-state index in [9.17, 15) is 0 Å². The van der Waals surface area contributed by atoms with Crippen molar-refractivity contribution >= 4 is 11.3 Å². The van der Waals surface area contributed by atoms with Crippen molar-refractivity contribution in [2.75, 3.05) is 27.7 Å².